The average Bonchev–Trinajstić information content (AvgIpc) is 2.31. The van der Waals surface area contributed by atoms with Crippen molar-refractivity contribution >= 4 is 26.8 Å². The van der Waals surface area contributed by atoms with E-state index in [0.29, 0.717) is 0 Å². The normalized spacial score (nSPS) is 17.7. The van der Waals surface area contributed by atoms with Crippen molar-refractivity contribution < 1.29 is 76.6 Å². The first-order valence-electron chi connectivity index (χ1n) is 4.79. The van der Waals surface area contributed by atoms with Gasteiger partial charge in [-0.2, -0.15) is 8.42 Å². The van der Waals surface area contributed by atoms with E-state index in [1.165, 1.54) is 0 Å². The standard InChI is InChI=1S/C6H12O13S2.Cu/c7-1-2(8)3(9)4(10)5(11)6(12)18-21(16,17)19-20(13,14)15;/h2-5,7-11H,1H2,(H,13,14,15);/q;+1/p-1/t2-,3-,4+,5-;/m1./s1. The molecular formula is C6H11CuO13S2. The Kier molecular flexibility index (Phi) is 9.81. The molecular weight excluding hydrogens is 408 g/mol. The summed E-state index contributed by atoms with van der Waals surface area (Å²) in [4.78, 5) is 11.1. The van der Waals surface area contributed by atoms with Crippen LogP contribution in [0.5, 0.6) is 0 Å². The van der Waals surface area contributed by atoms with Crippen LogP contribution in [-0.2, 0) is 50.5 Å². The monoisotopic (exact) mass is 418 g/mol. The minimum absolute atomic E-state index is 0. The van der Waals surface area contributed by atoms with Crippen LogP contribution in [0.25, 0.3) is 0 Å². The van der Waals surface area contributed by atoms with Crippen LogP contribution in [0.1, 0.15) is 0 Å². The summed E-state index contributed by atoms with van der Waals surface area (Å²) in [5.41, 5.74) is 0. The zero-order chi connectivity index (χ0) is 17.0. The second-order valence-electron chi connectivity index (χ2n) is 3.46. The third kappa shape index (κ3) is 8.30. The van der Waals surface area contributed by atoms with Crippen molar-refractivity contribution in [2.24, 2.45) is 0 Å². The number of carbonyl (C=O) groups is 1. The topological polar surface area (TPSA) is 228 Å². The van der Waals surface area contributed by atoms with E-state index in [1.54, 1.807) is 0 Å². The van der Waals surface area contributed by atoms with Crippen molar-refractivity contribution in [3.05, 3.63) is 0 Å². The molecule has 5 N–H and O–H groups in total. The summed E-state index contributed by atoms with van der Waals surface area (Å²) in [5.74, 6) is -2.21. The van der Waals surface area contributed by atoms with Crippen molar-refractivity contribution in [1.29, 1.82) is 0 Å². The predicted molar refractivity (Wildman–Crippen MR) is 56.9 cm³/mol. The third-order valence-corrected chi connectivity index (χ3v) is 3.55. The average molecular weight is 419 g/mol. The summed E-state index contributed by atoms with van der Waals surface area (Å²) >= 11 is 0. The van der Waals surface area contributed by atoms with Crippen LogP contribution in [-0.4, -0.2) is 83.9 Å². The third-order valence-electron chi connectivity index (χ3n) is 1.85. The number of aliphatic hydroxyl groups is 5. The maximum atomic E-state index is 11.1. The maximum absolute atomic E-state index is 11.1. The number of aliphatic hydroxyl groups excluding tert-OH is 5. The molecule has 0 unspecified atom stereocenters. The van der Waals surface area contributed by atoms with Crippen LogP contribution >= 0.6 is 0 Å². The zero-order valence-electron chi connectivity index (χ0n) is 10.1. The number of rotatable bonds is 8. The van der Waals surface area contributed by atoms with Crippen molar-refractivity contribution in [3.8, 4) is 0 Å². The van der Waals surface area contributed by atoms with Crippen molar-refractivity contribution in [2.75, 3.05) is 6.61 Å². The molecule has 0 fully saturated rings. The van der Waals surface area contributed by atoms with Crippen molar-refractivity contribution in [2.45, 2.75) is 24.4 Å². The summed E-state index contributed by atoms with van der Waals surface area (Å²) in [6.07, 6.45) is -9.53. The Balaban J connectivity index is 0. The second-order valence-corrected chi connectivity index (χ2v) is 5.81. The number of carbonyl (C=O) groups excluding carboxylic acids is 1. The van der Waals surface area contributed by atoms with E-state index in [0.717, 1.165) is 0 Å². The van der Waals surface area contributed by atoms with Crippen LogP contribution in [0.2, 0.25) is 0 Å². The largest absolute Gasteiger partial charge is 1.00 e. The summed E-state index contributed by atoms with van der Waals surface area (Å²) in [6, 6.07) is 0. The van der Waals surface area contributed by atoms with Gasteiger partial charge in [0.25, 0.3) is 0 Å². The van der Waals surface area contributed by atoms with Gasteiger partial charge in [-0.05, 0) is 0 Å². The first-order valence-corrected chi connectivity index (χ1v) is 7.45. The smallest absolute Gasteiger partial charge is 0.725 e. The Labute approximate surface area is 134 Å². The SMILES string of the molecule is O=C(OS(=O)(=O)OS(=O)(=O)[O-])[C@H](O)[C@@H](O)[C@H](O)[C@H](O)CO.[Cu+]. The second kappa shape index (κ2) is 9.04. The molecule has 16 heteroatoms. The van der Waals surface area contributed by atoms with Crippen LogP contribution in [0, 0.1) is 0 Å². The van der Waals surface area contributed by atoms with E-state index < -0.39 is 57.8 Å². The molecule has 0 spiro atoms. The fourth-order valence-corrected chi connectivity index (χ4v) is 2.16. The van der Waals surface area contributed by atoms with Crippen LogP contribution in [0.4, 0.5) is 0 Å². The number of hydrogen-bond acceptors (Lipinski definition) is 13. The van der Waals surface area contributed by atoms with E-state index in [-0.39, 0.29) is 17.1 Å². The predicted octanol–water partition coefficient (Wildman–Crippen LogP) is -5.32. The summed E-state index contributed by atoms with van der Waals surface area (Å²) in [6.45, 7) is -1.07. The van der Waals surface area contributed by atoms with Crippen molar-refractivity contribution in [3.63, 3.8) is 0 Å². The van der Waals surface area contributed by atoms with Crippen LogP contribution < -0.4 is 0 Å². The molecule has 13 nitrogen and oxygen atoms in total. The van der Waals surface area contributed by atoms with E-state index in [9.17, 15) is 31.3 Å². The quantitative estimate of drug-likeness (QED) is 0.141. The molecule has 0 saturated heterocycles. The molecule has 4 atom stereocenters. The molecule has 0 aromatic heterocycles. The van der Waals surface area contributed by atoms with Crippen molar-refractivity contribution in [1.82, 2.24) is 0 Å². The molecule has 0 aliphatic carbocycles. The molecule has 22 heavy (non-hydrogen) atoms. The molecule has 0 aromatic rings. The van der Waals surface area contributed by atoms with Gasteiger partial charge in [-0.25, -0.2) is 13.2 Å². The van der Waals surface area contributed by atoms with E-state index in [4.69, 9.17) is 20.4 Å². The molecule has 0 heterocycles. The fourth-order valence-electron chi connectivity index (χ4n) is 0.928. The molecule has 136 valence electrons. The van der Waals surface area contributed by atoms with Gasteiger partial charge < -0.3 is 34.3 Å². The van der Waals surface area contributed by atoms with E-state index in [2.05, 4.69) is 7.81 Å². The minimum Gasteiger partial charge on any atom is -0.725 e. The summed E-state index contributed by atoms with van der Waals surface area (Å²) in [5, 5.41) is 44.9. The maximum Gasteiger partial charge on any atom is 1.00 e. The van der Waals surface area contributed by atoms with E-state index >= 15 is 0 Å². The zero-order valence-corrected chi connectivity index (χ0v) is 12.7. The molecule has 0 aliphatic rings. The molecule has 0 saturated carbocycles. The number of hydrogen-bond donors (Lipinski definition) is 5. The van der Waals surface area contributed by atoms with Gasteiger partial charge in [0.15, 0.2) is 6.10 Å². The Hall–Kier alpha value is -0.391. The first-order chi connectivity index (χ1) is 9.30. The fraction of sp³-hybridized carbons (Fsp3) is 0.833. The Morgan fingerprint density at radius 3 is 1.86 bits per heavy atom. The molecule has 0 amide bonds. The first kappa shape index (κ1) is 23.9. The van der Waals surface area contributed by atoms with Gasteiger partial charge in [-0.15, -0.1) is 3.63 Å². The van der Waals surface area contributed by atoms with Crippen LogP contribution in [0.15, 0.2) is 0 Å². The molecule has 0 bridgehead atoms. The minimum atomic E-state index is -5.79. The molecule has 0 aliphatic heterocycles. The molecule has 0 rings (SSSR count). The van der Waals surface area contributed by atoms with Gasteiger partial charge in [-0.3, -0.25) is 0 Å². The van der Waals surface area contributed by atoms with Gasteiger partial charge in [0.1, 0.15) is 18.3 Å². The van der Waals surface area contributed by atoms with Gasteiger partial charge in [0.2, 0.25) is 10.4 Å². The van der Waals surface area contributed by atoms with Gasteiger partial charge in [0, 0.05) is 0 Å². The van der Waals surface area contributed by atoms with Crippen LogP contribution in [0.3, 0.4) is 0 Å². The van der Waals surface area contributed by atoms with E-state index in [1.807, 2.05) is 0 Å². The molecule has 0 radical (unpaired) electrons. The summed E-state index contributed by atoms with van der Waals surface area (Å²) < 4.78 is 57.7. The summed E-state index contributed by atoms with van der Waals surface area (Å²) in [7, 11) is -11.5. The Morgan fingerprint density at radius 2 is 1.50 bits per heavy atom. The Morgan fingerprint density at radius 1 is 1.05 bits per heavy atom. The Bertz CT molecular complexity index is 555. The molecule has 0 aromatic carbocycles. The van der Waals surface area contributed by atoms with Gasteiger partial charge in [-0.1, -0.05) is 0 Å². The van der Waals surface area contributed by atoms with Gasteiger partial charge >= 0.3 is 33.4 Å². The van der Waals surface area contributed by atoms with Gasteiger partial charge in [0.05, 0.1) is 6.61 Å².